The molecule has 0 bridgehead atoms. The Morgan fingerprint density at radius 2 is 1.75 bits per heavy atom. The summed E-state index contributed by atoms with van der Waals surface area (Å²) in [7, 11) is 0. The summed E-state index contributed by atoms with van der Waals surface area (Å²) < 4.78 is 5.31. The van der Waals surface area contributed by atoms with Crippen molar-refractivity contribution in [2.24, 2.45) is 5.73 Å². The van der Waals surface area contributed by atoms with Gasteiger partial charge in [0, 0.05) is 24.6 Å². The average Bonchev–Trinajstić information content (AvgIpc) is 2.78. The number of hydrogen-bond donors (Lipinski definition) is 3. The molecule has 0 aromatic heterocycles. The van der Waals surface area contributed by atoms with Gasteiger partial charge in [-0.1, -0.05) is 31.4 Å². The Morgan fingerprint density at radius 3 is 2.22 bits per heavy atom. The highest BCUT2D eigenvalue weighted by molar-refractivity contribution is 5.92. The van der Waals surface area contributed by atoms with E-state index in [4.69, 9.17) is 16.9 Å². The minimum Gasteiger partial charge on any atom is -0.444 e. The van der Waals surface area contributed by atoms with Gasteiger partial charge >= 0.3 is 6.09 Å². The monoisotopic (exact) mass is 500 g/mol. The lowest BCUT2D eigenvalue weighted by atomic mass is 9.99. The highest BCUT2D eigenvalue weighted by Crippen LogP contribution is 2.26. The topological polar surface area (TPSA) is 131 Å². The largest absolute Gasteiger partial charge is 0.444 e. The lowest BCUT2D eigenvalue weighted by molar-refractivity contribution is -0.144. The smallest absolute Gasteiger partial charge is 0.408 e. The van der Waals surface area contributed by atoms with Gasteiger partial charge in [-0.25, -0.2) is 4.79 Å². The van der Waals surface area contributed by atoms with E-state index in [9.17, 15) is 19.2 Å². The molecule has 0 spiro atoms. The van der Waals surface area contributed by atoms with Gasteiger partial charge in [0.25, 0.3) is 0 Å². The summed E-state index contributed by atoms with van der Waals surface area (Å²) in [6, 6.07) is 4.28. The minimum absolute atomic E-state index is 0.0448. The number of nitrogens with one attached hydrogen (secondary N) is 2. The number of terminal acetylenes is 1. The summed E-state index contributed by atoms with van der Waals surface area (Å²) in [5, 5.41) is 5.46. The average molecular weight is 501 g/mol. The van der Waals surface area contributed by atoms with Crippen LogP contribution in [0.15, 0.2) is 24.3 Å². The van der Waals surface area contributed by atoms with Crippen molar-refractivity contribution in [3.63, 3.8) is 0 Å². The summed E-state index contributed by atoms with van der Waals surface area (Å²) in [6.45, 7) is 11.1. The summed E-state index contributed by atoms with van der Waals surface area (Å²) in [5.74, 6) is 1.03. The zero-order valence-electron chi connectivity index (χ0n) is 22.2. The van der Waals surface area contributed by atoms with E-state index in [0.717, 1.165) is 12.8 Å². The molecule has 198 valence electrons. The molecule has 9 heteroatoms. The summed E-state index contributed by atoms with van der Waals surface area (Å²) in [5.41, 5.74) is 5.73. The number of carbonyl (C=O) groups is 4. The fraction of sp³-hybridized carbons (Fsp3) is 0.556. The van der Waals surface area contributed by atoms with E-state index in [1.54, 1.807) is 58.9 Å². The van der Waals surface area contributed by atoms with Crippen LogP contribution in [0.4, 0.5) is 4.79 Å². The van der Waals surface area contributed by atoms with Crippen LogP contribution in [0.1, 0.15) is 84.4 Å². The van der Waals surface area contributed by atoms with E-state index in [-0.39, 0.29) is 18.7 Å². The Morgan fingerprint density at radius 1 is 1.14 bits per heavy atom. The standard InChI is InChI=1S/C27H40N4O5/c1-8-10-17-29-24(33)23(20-13-11-19(9-2)12-14-20)31(18(3)4)25(34)21(15-16-22(28)32)30-26(35)36-27(5,6)7/h2,11-14,18,21,23H,8,10,15-17H2,1,3-7H3,(H2,28,32)(H,29,33)(H,30,35). The van der Waals surface area contributed by atoms with Crippen molar-refractivity contribution in [1.82, 2.24) is 15.5 Å². The van der Waals surface area contributed by atoms with E-state index in [2.05, 4.69) is 16.6 Å². The van der Waals surface area contributed by atoms with E-state index < -0.39 is 41.6 Å². The molecular weight excluding hydrogens is 460 g/mol. The molecule has 0 aliphatic heterocycles. The first kappa shape index (κ1) is 30.5. The van der Waals surface area contributed by atoms with E-state index in [1.807, 2.05) is 6.92 Å². The number of unbranched alkanes of at least 4 members (excludes halogenated alkanes) is 1. The molecule has 2 atom stereocenters. The van der Waals surface area contributed by atoms with Gasteiger partial charge in [-0.05, 0) is 65.2 Å². The number of benzene rings is 1. The lowest BCUT2D eigenvalue weighted by Gasteiger charge is -2.37. The van der Waals surface area contributed by atoms with Crippen molar-refractivity contribution in [3.8, 4) is 12.3 Å². The Balaban J connectivity index is 3.44. The zero-order chi connectivity index (χ0) is 27.5. The van der Waals surface area contributed by atoms with Crippen molar-refractivity contribution in [1.29, 1.82) is 0 Å². The molecule has 0 aliphatic carbocycles. The third-order valence-corrected chi connectivity index (χ3v) is 5.23. The highest BCUT2D eigenvalue weighted by atomic mass is 16.6. The third kappa shape index (κ3) is 9.98. The molecule has 0 radical (unpaired) electrons. The Labute approximate surface area is 214 Å². The predicted octanol–water partition coefficient (Wildman–Crippen LogP) is 3.02. The van der Waals surface area contributed by atoms with Gasteiger partial charge < -0.3 is 26.0 Å². The number of alkyl carbamates (subject to hydrolysis) is 1. The maximum Gasteiger partial charge on any atom is 0.408 e. The first-order valence-electron chi connectivity index (χ1n) is 12.2. The molecule has 1 rings (SSSR count). The second kappa shape index (κ2) is 14.1. The van der Waals surface area contributed by atoms with Crippen molar-refractivity contribution in [2.45, 2.75) is 91.0 Å². The molecule has 4 amide bonds. The van der Waals surface area contributed by atoms with E-state index in [0.29, 0.717) is 17.7 Å². The zero-order valence-corrected chi connectivity index (χ0v) is 22.2. The van der Waals surface area contributed by atoms with Gasteiger partial charge in [0.15, 0.2) is 0 Å². The SMILES string of the molecule is C#Cc1ccc(C(C(=O)NCCCC)N(C(=O)C(CCC(N)=O)NC(=O)OC(C)(C)C)C(C)C)cc1. The number of nitrogens with zero attached hydrogens (tertiary/aromatic N) is 1. The minimum atomic E-state index is -1.13. The summed E-state index contributed by atoms with van der Waals surface area (Å²) in [4.78, 5) is 52.7. The predicted molar refractivity (Wildman–Crippen MR) is 139 cm³/mol. The van der Waals surface area contributed by atoms with Gasteiger partial charge in [0.2, 0.25) is 17.7 Å². The normalized spacial score (nSPS) is 12.7. The molecule has 0 heterocycles. The maximum absolute atomic E-state index is 13.9. The first-order valence-corrected chi connectivity index (χ1v) is 12.2. The Hall–Kier alpha value is -3.54. The van der Waals surface area contributed by atoms with Crippen LogP contribution in [0.5, 0.6) is 0 Å². The van der Waals surface area contributed by atoms with Gasteiger partial charge in [0.1, 0.15) is 17.7 Å². The molecule has 4 N–H and O–H groups in total. The second-order valence-electron chi connectivity index (χ2n) is 9.86. The quantitative estimate of drug-likeness (QED) is 0.300. The number of nitrogens with two attached hydrogens (primary N) is 1. The molecule has 0 saturated carbocycles. The number of hydrogen-bond acceptors (Lipinski definition) is 5. The fourth-order valence-corrected chi connectivity index (χ4v) is 3.54. The number of carbonyl (C=O) groups excluding carboxylic acids is 4. The van der Waals surface area contributed by atoms with Crippen LogP contribution in [0.3, 0.4) is 0 Å². The third-order valence-electron chi connectivity index (χ3n) is 5.23. The van der Waals surface area contributed by atoms with Gasteiger partial charge in [-0.2, -0.15) is 0 Å². The molecule has 0 aliphatic rings. The number of ether oxygens (including phenoxy) is 1. The summed E-state index contributed by atoms with van der Waals surface area (Å²) in [6.07, 6.45) is 6.16. The van der Waals surface area contributed by atoms with Gasteiger partial charge in [-0.3, -0.25) is 14.4 Å². The first-order chi connectivity index (χ1) is 16.8. The molecule has 1 aromatic rings. The van der Waals surface area contributed by atoms with Crippen LogP contribution in [-0.4, -0.2) is 52.9 Å². The molecule has 9 nitrogen and oxygen atoms in total. The second-order valence-corrected chi connectivity index (χ2v) is 9.86. The van der Waals surface area contributed by atoms with Crippen LogP contribution in [0, 0.1) is 12.3 Å². The Kier molecular flexibility index (Phi) is 12.0. The molecule has 0 fully saturated rings. The molecular formula is C27H40N4O5. The van der Waals surface area contributed by atoms with E-state index in [1.165, 1.54) is 4.90 Å². The van der Waals surface area contributed by atoms with Crippen LogP contribution < -0.4 is 16.4 Å². The number of amides is 4. The number of rotatable bonds is 12. The van der Waals surface area contributed by atoms with Gasteiger partial charge in [-0.15, -0.1) is 6.42 Å². The van der Waals surface area contributed by atoms with Crippen LogP contribution in [-0.2, 0) is 19.1 Å². The lowest BCUT2D eigenvalue weighted by Crippen LogP contribution is -2.55. The number of primary amides is 1. The highest BCUT2D eigenvalue weighted by Gasteiger charge is 2.37. The van der Waals surface area contributed by atoms with Crippen LogP contribution >= 0.6 is 0 Å². The molecule has 1 aromatic carbocycles. The Bertz CT molecular complexity index is 944. The van der Waals surface area contributed by atoms with Crippen molar-refractivity contribution in [2.75, 3.05) is 6.54 Å². The molecule has 0 saturated heterocycles. The van der Waals surface area contributed by atoms with Crippen LogP contribution in [0.2, 0.25) is 0 Å². The van der Waals surface area contributed by atoms with Crippen molar-refractivity contribution < 1.29 is 23.9 Å². The van der Waals surface area contributed by atoms with Gasteiger partial charge in [0.05, 0.1) is 0 Å². The summed E-state index contributed by atoms with van der Waals surface area (Å²) >= 11 is 0. The van der Waals surface area contributed by atoms with Crippen LogP contribution in [0.25, 0.3) is 0 Å². The maximum atomic E-state index is 13.9. The van der Waals surface area contributed by atoms with Crippen molar-refractivity contribution >= 4 is 23.8 Å². The molecule has 2 unspecified atom stereocenters. The van der Waals surface area contributed by atoms with E-state index >= 15 is 0 Å². The molecule has 36 heavy (non-hydrogen) atoms. The van der Waals surface area contributed by atoms with Crippen molar-refractivity contribution in [3.05, 3.63) is 35.4 Å². The fourth-order valence-electron chi connectivity index (χ4n) is 3.54.